The third kappa shape index (κ3) is 4.98. The molecule has 0 saturated carbocycles. The molecule has 0 aliphatic carbocycles. The van der Waals surface area contributed by atoms with E-state index < -0.39 is 0 Å². The standard InChI is InChI=1S/C30H36N4O/c1-6-13-34-28-14-20(2)23(16-26(28)21(3)17-30(34,4)5)15-24(18-31)29(35)32-12-11-22-19-33-27-10-8-7-9-25(22)27/h7-10,14-16,19,21,33H,6,11-13,17H2,1-5H3,(H,32,35)/b24-15+. The van der Waals surface area contributed by atoms with Gasteiger partial charge in [0, 0.05) is 41.4 Å². The van der Waals surface area contributed by atoms with Crippen LogP contribution in [0.3, 0.4) is 0 Å². The van der Waals surface area contributed by atoms with Crippen LogP contribution in [0.25, 0.3) is 17.0 Å². The predicted molar refractivity (Wildman–Crippen MR) is 145 cm³/mol. The zero-order valence-electron chi connectivity index (χ0n) is 21.5. The Hall–Kier alpha value is -3.52. The van der Waals surface area contributed by atoms with Crippen LogP contribution < -0.4 is 10.2 Å². The number of aromatic amines is 1. The number of nitriles is 1. The summed E-state index contributed by atoms with van der Waals surface area (Å²) in [6.07, 6.45) is 6.60. The highest BCUT2D eigenvalue weighted by molar-refractivity contribution is 6.02. The van der Waals surface area contributed by atoms with E-state index in [-0.39, 0.29) is 17.0 Å². The molecule has 0 radical (unpaired) electrons. The lowest BCUT2D eigenvalue weighted by atomic mass is 9.78. The van der Waals surface area contributed by atoms with Gasteiger partial charge in [-0.2, -0.15) is 5.26 Å². The molecule has 2 aromatic carbocycles. The van der Waals surface area contributed by atoms with Crippen molar-refractivity contribution in [1.82, 2.24) is 10.3 Å². The lowest BCUT2D eigenvalue weighted by molar-refractivity contribution is -0.117. The van der Waals surface area contributed by atoms with Crippen molar-refractivity contribution in [3.05, 3.63) is 70.4 Å². The number of H-pyrrole nitrogens is 1. The maximum Gasteiger partial charge on any atom is 0.261 e. The van der Waals surface area contributed by atoms with Gasteiger partial charge in [0.1, 0.15) is 11.6 Å². The molecule has 3 aromatic rings. The van der Waals surface area contributed by atoms with Crippen LogP contribution in [0.15, 0.2) is 48.2 Å². The minimum atomic E-state index is -0.328. The first kappa shape index (κ1) is 24.6. The fraction of sp³-hybridized carbons (Fsp3) is 0.400. The maximum absolute atomic E-state index is 12.8. The highest BCUT2D eigenvalue weighted by atomic mass is 16.1. The van der Waals surface area contributed by atoms with Gasteiger partial charge in [-0.25, -0.2) is 0 Å². The van der Waals surface area contributed by atoms with E-state index in [1.165, 1.54) is 11.3 Å². The van der Waals surface area contributed by atoms with Crippen LogP contribution in [0.1, 0.15) is 68.7 Å². The first-order valence-corrected chi connectivity index (χ1v) is 12.6. The first-order chi connectivity index (χ1) is 16.7. The van der Waals surface area contributed by atoms with Crippen molar-refractivity contribution in [2.75, 3.05) is 18.0 Å². The first-order valence-electron chi connectivity index (χ1n) is 12.6. The molecule has 1 atom stereocenters. The lowest BCUT2D eigenvalue weighted by Crippen LogP contribution is -2.48. The lowest BCUT2D eigenvalue weighted by Gasteiger charge is -2.48. The molecule has 4 rings (SSSR count). The van der Waals surface area contributed by atoms with Gasteiger partial charge in [-0.05, 0) is 92.5 Å². The van der Waals surface area contributed by atoms with Gasteiger partial charge < -0.3 is 15.2 Å². The summed E-state index contributed by atoms with van der Waals surface area (Å²) in [5, 5.41) is 13.8. The number of nitrogens with one attached hydrogen (secondary N) is 2. The van der Waals surface area contributed by atoms with Crippen molar-refractivity contribution >= 4 is 28.6 Å². The van der Waals surface area contributed by atoms with Crippen LogP contribution >= 0.6 is 0 Å². The van der Waals surface area contributed by atoms with Crippen LogP contribution in [0.5, 0.6) is 0 Å². The second kappa shape index (κ2) is 10.00. The Morgan fingerprint density at radius 1 is 1.31 bits per heavy atom. The summed E-state index contributed by atoms with van der Waals surface area (Å²) < 4.78 is 0. The molecule has 1 aromatic heterocycles. The molecule has 5 nitrogen and oxygen atoms in total. The average Bonchev–Trinajstić information content (AvgIpc) is 3.23. The minimum absolute atomic E-state index is 0.106. The summed E-state index contributed by atoms with van der Waals surface area (Å²) in [6, 6.07) is 14.7. The average molecular weight is 469 g/mol. The Bertz CT molecular complexity index is 1310. The van der Waals surface area contributed by atoms with Gasteiger partial charge in [0.15, 0.2) is 0 Å². The number of aryl methyl sites for hydroxylation is 1. The normalized spacial score (nSPS) is 17.2. The number of fused-ring (bicyclic) bond motifs is 2. The number of para-hydroxylation sites is 1. The van der Waals surface area contributed by atoms with Crippen molar-refractivity contribution in [3.8, 4) is 6.07 Å². The highest BCUT2D eigenvalue weighted by Gasteiger charge is 2.36. The molecular formula is C30H36N4O. The summed E-state index contributed by atoms with van der Waals surface area (Å²) in [5.74, 6) is 0.0858. The van der Waals surface area contributed by atoms with Crippen LogP contribution in [0.4, 0.5) is 5.69 Å². The summed E-state index contributed by atoms with van der Waals surface area (Å²) in [5.41, 5.74) is 7.09. The van der Waals surface area contributed by atoms with Gasteiger partial charge in [0.2, 0.25) is 0 Å². The van der Waals surface area contributed by atoms with Gasteiger partial charge in [0.25, 0.3) is 5.91 Å². The van der Waals surface area contributed by atoms with Gasteiger partial charge in [-0.15, -0.1) is 0 Å². The van der Waals surface area contributed by atoms with E-state index in [0.29, 0.717) is 18.9 Å². The topological polar surface area (TPSA) is 71.9 Å². The summed E-state index contributed by atoms with van der Waals surface area (Å²) >= 11 is 0. The number of carbonyl (C=O) groups is 1. The Kier molecular flexibility index (Phi) is 7.03. The molecule has 0 saturated heterocycles. The van der Waals surface area contributed by atoms with E-state index in [1.54, 1.807) is 6.08 Å². The molecule has 1 aliphatic heterocycles. The quantitative estimate of drug-likeness (QED) is 0.318. The third-order valence-corrected chi connectivity index (χ3v) is 7.24. The van der Waals surface area contributed by atoms with E-state index in [0.717, 1.165) is 47.0 Å². The number of hydrogen-bond acceptors (Lipinski definition) is 3. The van der Waals surface area contributed by atoms with Crippen LogP contribution in [0.2, 0.25) is 0 Å². The van der Waals surface area contributed by atoms with E-state index in [1.807, 2.05) is 24.4 Å². The van der Waals surface area contributed by atoms with Gasteiger partial charge in [-0.1, -0.05) is 32.0 Å². The van der Waals surface area contributed by atoms with Gasteiger partial charge >= 0.3 is 0 Å². The number of carbonyl (C=O) groups excluding carboxylic acids is 1. The number of amides is 1. The molecule has 2 heterocycles. The monoisotopic (exact) mass is 468 g/mol. The second-order valence-electron chi connectivity index (χ2n) is 10.4. The van der Waals surface area contributed by atoms with E-state index in [9.17, 15) is 10.1 Å². The molecule has 1 amide bonds. The number of nitrogens with zero attached hydrogens (tertiary/aromatic N) is 2. The van der Waals surface area contributed by atoms with E-state index in [4.69, 9.17) is 0 Å². The number of benzene rings is 2. The van der Waals surface area contributed by atoms with E-state index >= 15 is 0 Å². The molecule has 5 heteroatoms. The molecule has 35 heavy (non-hydrogen) atoms. The molecular weight excluding hydrogens is 432 g/mol. The molecule has 1 unspecified atom stereocenters. The number of hydrogen-bond donors (Lipinski definition) is 2. The predicted octanol–water partition coefficient (Wildman–Crippen LogP) is 6.24. The zero-order chi connectivity index (χ0) is 25.2. The Labute approximate surface area is 208 Å². The van der Waals surface area contributed by atoms with Crippen molar-refractivity contribution < 1.29 is 4.79 Å². The molecule has 0 bridgehead atoms. The Balaban J connectivity index is 1.53. The second-order valence-corrected chi connectivity index (χ2v) is 10.4. The number of anilines is 1. The number of aromatic nitrogens is 1. The molecule has 182 valence electrons. The summed E-state index contributed by atoms with van der Waals surface area (Å²) in [4.78, 5) is 18.6. The maximum atomic E-state index is 12.8. The molecule has 0 spiro atoms. The fourth-order valence-corrected chi connectivity index (χ4v) is 5.50. The van der Waals surface area contributed by atoms with E-state index in [2.05, 4.69) is 74.1 Å². The fourth-order valence-electron chi connectivity index (χ4n) is 5.50. The van der Waals surface area contributed by atoms with Crippen LogP contribution in [0, 0.1) is 18.3 Å². The van der Waals surface area contributed by atoms with Gasteiger partial charge in [-0.3, -0.25) is 4.79 Å². The Morgan fingerprint density at radius 2 is 2.09 bits per heavy atom. The summed E-state index contributed by atoms with van der Waals surface area (Å²) in [6.45, 7) is 12.7. The zero-order valence-corrected chi connectivity index (χ0v) is 21.5. The van der Waals surface area contributed by atoms with Crippen molar-refractivity contribution in [1.29, 1.82) is 5.26 Å². The van der Waals surface area contributed by atoms with Crippen molar-refractivity contribution in [2.45, 2.75) is 65.3 Å². The molecule has 0 fully saturated rings. The van der Waals surface area contributed by atoms with Crippen LogP contribution in [-0.4, -0.2) is 29.5 Å². The smallest absolute Gasteiger partial charge is 0.261 e. The third-order valence-electron chi connectivity index (χ3n) is 7.24. The largest absolute Gasteiger partial charge is 0.366 e. The Morgan fingerprint density at radius 3 is 2.83 bits per heavy atom. The van der Waals surface area contributed by atoms with Gasteiger partial charge in [0.05, 0.1) is 0 Å². The highest BCUT2D eigenvalue weighted by Crippen LogP contribution is 2.44. The molecule has 2 N–H and O–H groups in total. The number of rotatable bonds is 7. The van der Waals surface area contributed by atoms with Crippen molar-refractivity contribution in [2.24, 2.45) is 0 Å². The summed E-state index contributed by atoms with van der Waals surface area (Å²) in [7, 11) is 0. The van der Waals surface area contributed by atoms with Crippen LogP contribution in [-0.2, 0) is 11.2 Å². The van der Waals surface area contributed by atoms with Crippen molar-refractivity contribution in [3.63, 3.8) is 0 Å². The SMILES string of the molecule is CCCN1c2cc(C)c(/C=C(\C#N)C(=O)NCCc3c[nH]c4ccccc34)cc2C(C)CC1(C)C. The molecule has 1 aliphatic rings. The minimum Gasteiger partial charge on any atom is -0.366 e.